The molecule has 0 fully saturated rings. The lowest BCUT2D eigenvalue weighted by atomic mass is 10.2. The second-order valence-corrected chi connectivity index (χ2v) is 7.37. The van der Waals surface area contributed by atoms with Crippen LogP contribution in [0.2, 0.25) is 0 Å². The monoisotopic (exact) mass is 302 g/mol. The Balaban J connectivity index is 1.80. The van der Waals surface area contributed by atoms with E-state index in [0.29, 0.717) is 6.04 Å². The molecule has 3 aromatic rings. The van der Waals surface area contributed by atoms with Crippen LogP contribution in [-0.2, 0) is 6.42 Å². The third-order valence-corrected chi connectivity index (χ3v) is 5.68. The molecule has 4 heteroatoms. The SMILES string of the molecule is CCc1ccc(C(C)Nc2ccc3nc(C)sc3c2)s1. The van der Waals surface area contributed by atoms with E-state index >= 15 is 0 Å². The number of rotatable bonds is 4. The van der Waals surface area contributed by atoms with Crippen molar-refractivity contribution < 1.29 is 0 Å². The molecule has 1 N–H and O–H groups in total. The first kappa shape index (κ1) is 13.6. The molecule has 0 spiro atoms. The molecule has 2 nitrogen and oxygen atoms in total. The smallest absolute Gasteiger partial charge is 0.0907 e. The number of nitrogens with one attached hydrogen (secondary N) is 1. The maximum atomic E-state index is 4.50. The number of anilines is 1. The molecule has 0 saturated carbocycles. The van der Waals surface area contributed by atoms with Crippen LogP contribution in [0.5, 0.6) is 0 Å². The first-order chi connectivity index (χ1) is 9.65. The lowest BCUT2D eigenvalue weighted by molar-refractivity contribution is 0.909. The van der Waals surface area contributed by atoms with Gasteiger partial charge in [0, 0.05) is 15.4 Å². The molecule has 20 heavy (non-hydrogen) atoms. The van der Waals surface area contributed by atoms with E-state index in [1.807, 2.05) is 11.3 Å². The molecule has 0 aliphatic rings. The number of benzene rings is 1. The highest BCUT2D eigenvalue weighted by Gasteiger charge is 2.09. The number of hydrogen-bond donors (Lipinski definition) is 1. The summed E-state index contributed by atoms with van der Waals surface area (Å²) < 4.78 is 1.25. The van der Waals surface area contributed by atoms with Crippen LogP contribution in [0.15, 0.2) is 30.3 Å². The minimum Gasteiger partial charge on any atom is -0.378 e. The van der Waals surface area contributed by atoms with Crippen LogP contribution < -0.4 is 5.32 Å². The Bertz CT molecular complexity index is 727. The first-order valence-electron chi connectivity index (χ1n) is 6.88. The van der Waals surface area contributed by atoms with E-state index in [0.717, 1.165) is 16.9 Å². The highest BCUT2D eigenvalue weighted by molar-refractivity contribution is 7.18. The highest BCUT2D eigenvalue weighted by atomic mass is 32.1. The number of fused-ring (bicyclic) bond motifs is 1. The van der Waals surface area contributed by atoms with E-state index in [1.165, 1.54) is 20.1 Å². The van der Waals surface area contributed by atoms with E-state index in [-0.39, 0.29) is 0 Å². The number of aromatic nitrogens is 1. The largest absolute Gasteiger partial charge is 0.378 e. The number of thiophene rings is 1. The molecule has 0 aliphatic heterocycles. The number of aryl methyl sites for hydroxylation is 2. The molecule has 0 amide bonds. The van der Waals surface area contributed by atoms with Gasteiger partial charge < -0.3 is 5.32 Å². The summed E-state index contributed by atoms with van der Waals surface area (Å²) in [5, 5.41) is 4.71. The van der Waals surface area contributed by atoms with Crippen molar-refractivity contribution in [1.82, 2.24) is 4.98 Å². The van der Waals surface area contributed by atoms with Gasteiger partial charge in [-0.25, -0.2) is 4.98 Å². The normalized spacial score (nSPS) is 12.8. The molecule has 3 rings (SSSR count). The summed E-state index contributed by atoms with van der Waals surface area (Å²) in [6, 6.07) is 11.2. The van der Waals surface area contributed by atoms with Crippen LogP contribution in [-0.4, -0.2) is 4.98 Å². The maximum Gasteiger partial charge on any atom is 0.0907 e. The molecular weight excluding hydrogens is 284 g/mol. The molecule has 2 heterocycles. The second-order valence-electron chi connectivity index (χ2n) is 4.94. The zero-order valence-electron chi connectivity index (χ0n) is 11.9. The summed E-state index contributed by atoms with van der Waals surface area (Å²) >= 11 is 3.64. The molecule has 1 atom stereocenters. The molecule has 0 radical (unpaired) electrons. The van der Waals surface area contributed by atoms with Crippen LogP contribution in [0.3, 0.4) is 0 Å². The van der Waals surface area contributed by atoms with Gasteiger partial charge in [0.25, 0.3) is 0 Å². The molecule has 1 aromatic carbocycles. The van der Waals surface area contributed by atoms with Crippen molar-refractivity contribution in [3.05, 3.63) is 45.1 Å². The second kappa shape index (κ2) is 5.54. The van der Waals surface area contributed by atoms with E-state index in [1.54, 1.807) is 11.3 Å². The van der Waals surface area contributed by atoms with Gasteiger partial charge in [-0.05, 0) is 50.6 Å². The Labute approximate surface area is 127 Å². The number of hydrogen-bond acceptors (Lipinski definition) is 4. The van der Waals surface area contributed by atoms with E-state index < -0.39 is 0 Å². The van der Waals surface area contributed by atoms with Gasteiger partial charge in [-0.2, -0.15) is 0 Å². The first-order valence-corrected chi connectivity index (χ1v) is 8.51. The van der Waals surface area contributed by atoms with E-state index in [9.17, 15) is 0 Å². The topological polar surface area (TPSA) is 24.9 Å². The molecule has 104 valence electrons. The zero-order chi connectivity index (χ0) is 14.1. The zero-order valence-corrected chi connectivity index (χ0v) is 13.6. The van der Waals surface area contributed by atoms with Gasteiger partial charge >= 0.3 is 0 Å². The Kier molecular flexibility index (Phi) is 3.76. The van der Waals surface area contributed by atoms with Crippen molar-refractivity contribution in [2.75, 3.05) is 5.32 Å². The van der Waals surface area contributed by atoms with Gasteiger partial charge in [0.1, 0.15) is 0 Å². The van der Waals surface area contributed by atoms with Gasteiger partial charge in [0.15, 0.2) is 0 Å². The van der Waals surface area contributed by atoms with Crippen LogP contribution in [0, 0.1) is 6.92 Å². The van der Waals surface area contributed by atoms with Crippen LogP contribution >= 0.6 is 22.7 Å². The molecule has 0 aliphatic carbocycles. The van der Waals surface area contributed by atoms with Crippen molar-refractivity contribution >= 4 is 38.6 Å². The predicted octanol–water partition coefficient (Wildman–Crippen LogP) is 5.40. The summed E-state index contributed by atoms with van der Waals surface area (Å²) in [6.07, 6.45) is 1.11. The Morgan fingerprint density at radius 2 is 2.05 bits per heavy atom. The number of nitrogens with zero attached hydrogens (tertiary/aromatic N) is 1. The molecule has 0 saturated heterocycles. The summed E-state index contributed by atoms with van der Waals surface area (Å²) in [7, 11) is 0. The maximum absolute atomic E-state index is 4.50. The predicted molar refractivity (Wildman–Crippen MR) is 90.1 cm³/mol. The van der Waals surface area contributed by atoms with Gasteiger partial charge in [0.05, 0.1) is 21.3 Å². The van der Waals surface area contributed by atoms with E-state index in [2.05, 4.69) is 61.4 Å². The Morgan fingerprint density at radius 1 is 1.20 bits per heavy atom. The van der Waals surface area contributed by atoms with Crippen LogP contribution in [0.1, 0.15) is 34.7 Å². The van der Waals surface area contributed by atoms with Crippen LogP contribution in [0.4, 0.5) is 5.69 Å². The highest BCUT2D eigenvalue weighted by Crippen LogP contribution is 2.29. The number of thiazole rings is 1. The molecule has 1 unspecified atom stereocenters. The Morgan fingerprint density at radius 3 is 2.80 bits per heavy atom. The lowest BCUT2D eigenvalue weighted by Crippen LogP contribution is -2.04. The average Bonchev–Trinajstić information content (AvgIpc) is 3.03. The van der Waals surface area contributed by atoms with Crippen molar-refractivity contribution in [3.63, 3.8) is 0 Å². The average molecular weight is 302 g/mol. The molecule has 0 bridgehead atoms. The fraction of sp³-hybridized carbons (Fsp3) is 0.312. The fourth-order valence-electron chi connectivity index (χ4n) is 2.27. The standard InChI is InChI=1S/C16H18N2S2/c1-4-13-6-8-15(20-13)10(2)17-12-5-7-14-16(9-12)19-11(3)18-14/h5-10,17H,4H2,1-3H3. The minimum atomic E-state index is 0.340. The lowest BCUT2D eigenvalue weighted by Gasteiger charge is -2.13. The third kappa shape index (κ3) is 2.72. The van der Waals surface area contributed by atoms with E-state index in [4.69, 9.17) is 0 Å². The van der Waals surface area contributed by atoms with Crippen molar-refractivity contribution in [2.45, 2.75) is 33.2 Å². The van der Waals surface area contributed by atoms with Gasteiger partial charge in [-0.1, -0.05) is 6.92 Å². The fourth-order valence-corrected chi connectivity index (χ4v) is 4.09. The van der Waals surface area contributed by atoms with Gasteiger partial charge in [0.2, 0.25) is 0 Å². The molecular formula is C16H18N2S2. The van der Waals surface area contributed by atoms with Crippen molar-refractivity contribution in [1.29, 1.82) is 0 Å². The van der Waals surface area contributed by atoms with Gasteiger partial charge in [-0.15, -0.1) is 22.7 Å². The van der Waals surface area contributed by atoms with Crippen molar-refractivity contribution in [3.8, 4) is 0 Å². The summed E-state index contributed by atoms with van der Waals surface area (Å²) in [5.41, 5.74) is 2.26. The summed E-state index contributed by atoms with van der Waals surface area (Å²) in [6.45, 7) is 6.47. The van der Waals surface area contributed by atoms with Crippen molar-refractivity contribution in [2.24, 2.45) is 0 Å². The Hall–Kier alpha value is -1.39. The van der Waals surface area contributed by atoms with Gasteiger partial charge in [-0.3, -0.25) is 0 Å². The minimum absolute atomic E-state index is 0.340. The summed E-state index contributed by atoms with van der Waals surface area (Å²) in [5.74, 6) is 0. The molecule has 2 aromatic heterocycles. The quantitative estimate of drug-likeness (QED) is 0.697. The third-order valence-electron chi connectivity index (χ3n) is 3.34. The summed E-state index contributed by atoms with van der Waals surface area (Å²) in [4.78, 5) is 7.34. The van der Waals surface area contributed by atoms with Crippen LogP contribution in [0.25, 0.3) is 10.2 Å².